The van der Waals surface area contributed by atoms with Crippen LogP contribution in [-0.4, -0.2) is 24.0 Å². The second kappa shape index (κ2) is 9.06. The zero-order valence-corrected chi connectivity index (χ0v) is 18.8. The molecule has 0 bridgehead atoms. The Morgan fingerprint density at radius 2 is 1.80 bits per heavy atom. The van der Waals surface area contributed by atoms with E-state index in [0.717, 1.165) is 23.2 Å². The van der Waals surface area contributed by atoms with Crippen molar-refractivity contribution in [1.29, 1.82) is 0 Å². The summed E-state index contributed by atoms with van der Waals surface area (Å²) in [4.78, 5) is 35.6. The number of hydrogen-bond donors (Lipinski definition) is 1. The van der Waals surface area contributed by atoms with Crippen LogP contribution in [0.3, 0.4) is 0 Å². The highest BCUT2D eigenvalue weighted by Crippen LogP contribution is 2.50. The van der Waals surface area contributed by atoms with E-state index in [2.05, 4.69) is 17.5 Å². The minimum Gasteiger partial charge on any atom is -0.465 e. The highest BCUT2D eigenvalue weighted by Gasteiger charge is 2.38. The summed E-state index contributed by atoms with van der Waals surface area (Å²) in [5.74, 6) is -0.728. The number of nitrogens with zero attached hydrogens (tertiary/aromatic N) is 1. The smallest absolute Gasteiger partial charge is 0.343 e. The van der Waals surface area contributed by atoms with Gasteiger partial charge in [-0.1, -0.05) is 36.4 Å². The topological polar surface area (TPSA) is 108 Å². The summed E-state index contributed by atoms with van der Waals surface area (Å²) in [5.41, 5.74) is 3.46. The first-order valence-corrected chi connectivity index (χ1v) is 11.2. The van der Waals surface area contributed by atoms with Crippen LogP contribution in [0.2, 0.25) is 0 Å². The fraction of sp³-hybridized carbons (Fsp3) is 0.185. The first-order valence-electron chi connectivity index (χ1n) is 11.2. The number of anilines is 1. The Kier molecular flexibility index (Phi) is 5.78. The van der Waals surface area contributed by atoms with Gasteiger partial charge < -0.3 is 14.8 Å². The van der Waals surface area contributed by atoms with Crippen molar-refractivity contribution in [2.75, 3.05) is 12.4 Å². The van der Waals surface area contributed by atoms with Crippen LogP contribution in [0.15, 0.2) is 78.9 Å². The maximum Gasteiger partial charge on any atom is 0.343 e. The molecule has 3 aromatic rings. The molecule has 5 rings (SSSR count). The van der Waals surface area contributed by atoms with Crippen LogP contribution in [0.4, 0.5) is 11.4 Å². The monoisotopic (exact) mass is 470 g/mol. The van der Waals surface area contributed by atoms with Crippen molar-refractivity contribution < 1.29 is 24.0 Å². The molecule has 3 atom stereocenters. The molecule has 2 aliphatic rings. The summed E-state index contributed by atoms with van der Waals surface area (Å²) in [6, 6.07) is 18.4. The predicted octanol–water partition coefficient (Wildman–Crippen LogP) is 5.43. The van der Waals surface area contributed by atoms with Gasteiger partial charge in [0.05, 0.1) is 23.6 Å². The Morgan fingerprint density at radius 3 is 2.54 bits per heavy atom. The third-order valence-electron chi connectivity index (χ3n) is 6.56. The number of non-ortho nitro benzene ring substituents is 1. The van der Waals surface area contributed by atoms with Gasteiger partial charge in [-0.05, 0) is 53.8 Å². The van der Waals surface area contributed by atoms with E-state index >= 15 is 0 Å². The van der Waals surface area contributed by atoms with Gasteiger partial charge in [-0.3, -0.25) is 10.1 Å². The van der Waals surface area contributed by atoms with Crippen molar-refractivity contribution in [3.63, 3.8) is 0 Å². The lowest BCUT2D eigenvalue weighted by Crippen LogP contribution is -2.29. The van der Waals surface area contributed by atoms with E-state index in [1.807, 2.05) is 12.1 Å². The fourth-order valence-corrected chi connectivity index (χ4v) is 4.85. The van der Waals surface area contributed by atoms with Gasteiger partial charge >= 0.3 is 11.9 Å². The summed E-state index contributed by atoms with van der Waals surface area (Å²) < 4.78 is 10.3. The number of nitro groups is 1. The maximum absolute atomic E-state index is 13.0. The molecule has 1 N–H and O–H groups in total. The van der Waals surface area contributed by atoms with Crippen molar-refractivity contribution in [2.45, 2.75) is 18.4 Å². The highest BCUT2D eigenvalue weighted by molar-refractivity contribution is 5.96. The third kappa shape index (κ3) is 4.14. The normalized spacial score (nSPS) is 19.7. The van der Waals surface area contributed by atoms with Crippen molar-refractivity contribution in [2.24, 2.45) is 5.92 Å². The Hall–Kier alpha value is -4.46. The van der Waals surface area contributed by atoms with E-state index in [9.17, 15) is 19.7 Å². The molecule has 3 aromatic carbocycles. The highest BCUT2D eigenvalue weighted by atomic mass is 16.6. The molecule has 8 nitrogen and oxygen atoms in total. The molecule has 0 radical (unpaired) electrons. The summed E-state index contributed by atoms with van der Waals surface area (Å²) >= 11 is 0. The third-order valence-corrected chi connectivity index (χ3v) is 6.56. The Balaban J connectivity index is 1.42. The molecule has 1 aliphatic heterocycles. The number of allylic oxidation sites excluding steroid dienone is 2. The lowest BCUT2D eigenvalue weighted by atomic mass is 9.76. The van der Waals surface area contributed by atoms with E-state index < -0.39 is 16.9 Å². The average Bonchev–Trinajstić information content (AvgIpc) is 3.38. The molecule has 1 aliphatic carbocycles. The lowest BCUT2D eigenvalue weighted by Gasteiger charge is -2.37. The van der Waals surface area contributed by atoms with Crippen LogP contribution in [0.25, 0.3) is 0 Å². The number of hydrogen-bond acceptors (Lipinski definition) is 7. The fourth-order valence-electron chi connectivity index (χ4n) is 4.85. The second-order valence-corrected chi connectivity index (χ2v) is 8.50. The molecular weight excluding hydrogens is 448 g/mol. The van der Waals surface area contributed by atoms with Gasteiger partial charge in [-0.15, -0.1) is 0 Å². The number of carbonyl (C=O) groups excluding carboxylic acids is 2. The zero-order chi connectivity index (χ0) is 24.5. The Morgan fingerprint density at radius 1 is 1.03 bits per heavy atom. The Bertz CT molecular complexity index is 1350. The van der Waals surface area contributed by atoms with E-state index in [1.54, 1.807) is 36.4 Å². The number of nitrogens with one attached hydrogen (secondary N) is 1. The van der Waals surface area contributed by atoms with Crippen LogP contribution in [0.1, 0.15) is 50.2 Å². The zero-order valence-electron chi connectivity index (χ0n) is 18.8. The second-order valence-electron chi connectivity index (χ2n) is 8.50. The van der Waals surface area contributed by atoms with Crippen molar-refractivity contribution >= 4 is 23.3 Å². The summed E-state index contributed by atoms with van der Waals surface area (Å²) in [5, 5.41) is 14.6. The SMILES string of the molecule is COC(=O)c1ccccc1OC(=O)c1ccc2c(c1)[C@@H]1C=CC[C@@H]1[C@@H](c1ccc([N+](=O)[O-])cc1)N2. The number of para-hydroxylation sites is 1. The number of carbonyl (C=O) groups is 2. The first kappa shape index (κ1) is 22.3. The van der Waals surface area contributed by atoms with Gasteiger partial charge in [0.2, 0.25) is 0 Å². The van der Waals surface area contributed by atoms with Crippen LogP contribution in [0, 0.1) is 16.0 Å². The van der Waals surface area contributed by atoms with Gasteiger partial charge in [0.25, 0.3) is 5.69 Å². The van der Waals surface area contributed by atoms with Crippen LogP contribution in [0.5, 0.6) is 5.75 Å². The molecule has 8 heteroatoms. The van der Waals surface area contributed by atoms with Gasteiger partial charge in [0.1, 0.15) is 11.3 Å². The molecule has 0 spiro atoms. The lowest BCUT2D eigenvalue weighted by molar-refractivity contribution is -0.384. The minimum absolute atomic E-state index is 0.0203. The molecule has 0 amide bonds. The quantitative estimate of drug-likeness (QED) is 0.174. The molecular formula is C27H22N2O6. The van der Waals surface area contributed by atoms with Crippen LogP contribution < -0.4 is 10.1 Å². The molecule has 1 heterocycles. The van der Waals surface area contributed by atoms with Gasteiger partial charge in [0.15, 0.2) is 0 Å². The molecule has 0 saturated carbocycles. The van der Waals surface area contributed by atoms with Gasteiger partial charge in [0, 0.05) is 23.7 Å². The van der Waals surface area contributed by atoms with E-state index in [-0.39, 0.29) is 34.9 Å². The van der Waals surface area contributed by atoms with Gasteiger partial charge in [-0.25, -0.2) is 9.59 Å². The number of nitro benzene ring substituents is 1. The number of rotatable bonds is 5. The van der Waals surface area contributed by atoms with E-state index in [1.165, 1.54) is 25.3 Å². The largest absolute Gasteiger partial charge is 0.465 e. The number of methoxy groups -OCH3 is 1. The standard InChI is InChI=1S/C27H22N2O6/c1-34-27(31)21-5-2-3-8-24(21)35-26(30)17-11-14-23-22(15-17)19-6-4-7-20(19)25(28-23)16-9-12-18(13-10-16)29(32)33/h2-6,8-15,19-20,25,28H,7H2,1H3/t19-,20+,25-/m1/s1. The number of esters is 2. The molecule has 176 valence electrons. The average molecular weight is 470 g/mol. The van der Waals surface area contributed by atoms with Gasteiger partial charge in [-0.2, -0.15) is 0 Å². The molecule has 0 unspecified atom stereocenters. The number of fused-ring (bicyclic) bond motifs is 3. The molecule has 0 aromatic heterocycles. The summed E-state index contributed by atoms with van der Waals surface area (Å²) in [6.07, 6.45) is 5.12. The first-order chi connectivity index (χ1) is 17.0. The van der Waals surface area contributed by atoms with Crippen molar-refractivity contribution in [3.05, 3.63) is 111 Å². The van der Waals surface area contributed by atoms with Crippen LogP contribution >= 0.6 is 0 Å². The molecule has 0 fully saturated rings. The van der Waals surface area contributed by atoms with E-state index in [4.69, 9.17) is 9.47 Å². The van der Waals surface area contributed by atoms with Crippen molar-refractivity contribution in [1.82, 2.24) is 0 Å². The summed E-state index contributed by atoms with van der Waals surface area (Å²) in [7, 11) is 1.27. The minimum atomic E-state index is -0.584. The molecule has 0 saturated heterocycles. The predicted molar refractivity (Wildman–Crippen MR) is 129 cm³/mol. The van der Waals surface area contributed by atoms with Crippen molar-refractivity contribution in [3.8, 4) is 5.75 Å². The van der Waals surface area contributed by atoms with Crippen LogP contribution in [-0.2, 0) is 4.74 Å². The number of ether oxygens (including phenoxy) is 2. The summed E-state index contributed by atoms with van der Waals surface area (Å²) in [6.45, 7) is 0. The number of benzene rings is 3. The Labute approximate surface area is 201 Å². The maximum atomic E-state index is 13.0. The van der Waals surface area contributed by atoms with E-state index in [0.29, 0.717) is 5.56 Å². The molecule has 35 heavy (non-hydrogen) atoms.